The fourth-order valence-electron chi connectivity index (χ4n) is 13.4. The van der Waals surface area contributed by atoms with Crippen molar-refractivity contribution in [3.63, 3.8) is 0 Å². The van der Waals surface area contributed by atoms with E-state index in [1.165, 1.54) is 50.1 Å². The standard InChI is InChI=1S/C75H53N5O/c1-74(2)62-31-16-14-28-55(62)57-42-52(35-37-64(57)74)79(51-27-18-26-49(40-51)46-20-8-5-9-21-46)53-36-39-69-60(43-53)59-41-50(34-38-68(59)81-69)54-30-19-33-66-70(54)61-44-58-56-29-15-17-32-63(56)75(3,4)65(58)45-67(61)80(66)73-77-71(47-22-10-6-11-23-47)76-72(78-73)48-24-12-7-13-25-48/h5-45H,1-4H3. The highest BCUT2D eigenvalue weighted by atomic mass is 16.3. The molecule has 0 aliphatic heterocycles. The SMILES string of the molecule is CC1(C)c2ccccc2-c2cc(N(c3cccc(-c4ccccc4)c3)c3ccc4oc5ccc(-c6cccc7c6c6cc8c(cc6n7-c6nc(-c7ccccc7)nc(-c7ccccc7)n6)C(C)(C)c6ccccc6-8)cc5c4c3)ccc21. The lowest BCUT2D eigenvalue weighted by molar-refractivity contribution is 0.660. The van der Waals surface area contributed by atoms with Crippen molar-refractivity contribution < 1.29 is 4.42 Å². The van der Waals surface area contributed by atoms with E-state index in [0.29, 0.717) is 17.6 Å². The molecule has 81 heavy (non-hydrogen) atoms. The molecular formula is C75H53N5O. The van der Waals surface area contributed by atoms with Crippen molar-refractivity contribution in [2.24, 2.45) is 0 Å². The molecule has 0 saturated heterocycles. The van der Waals surface area contributed by atoms with Gasteiger partial charge in [-0.3, -0.25) is 4.57 Å². The second-order valence-corrected chi connectivity index (χ2v) is 22.8. The van der Waals surface area contributed by atoms with Crippen molar-refractivity contribution in [1.82, 2.24) is 19.5 Å². The maximum absolute atomic E-state index is 6.76. The van der Waals surface area contributed by atoms with Gasteiger partial charge < -0.3 is 9.32 Å². The van der Waals surface area contributed by atoms with Crippen LogP contribution < -0.4 is 4.90 Å². The van der Waals surface area contributed by atoms with Crippen molar-refractivity contribution in [2.45, 2.75) is 38.5 Å². The van der Waals surface area contributed by atoms with Crippen molar-refractivity contribution in [1.29, 1.82) is 0 Å². The fourth-order valence-corrected chi connectivity index (χ4v) is 13.4. The third-order valence-electron chi connectivity index (χ3n) is 17.4. The zero-order valence-corrected chi connectivity index (χ0v) is 45.3. The van der Waals surface area contributed by atoms with Crippen LogP contribution in [-0.2, 0) is 10.8 Å². The summed E-state index contributed by atoms with van der Waals surface area (Å²) in [4.78, 5) is 18.2. The largest absolute Gasteiger partial charge is 0.456 e. The van der Waals surface area contributed by atoms with Crippen LogP contribution in [-0.4, -0.2) is 19.5 Å². The van der Waals surface area contributed by atoms with Gasteiger partial charge in [-0.25, -0.2) is 4.98 Å². The molecule has 16 rings (SSSR count). The Hall–Kier alpha value is -10.2. The Bertz CT molecular complexity index is 4820. The number of benzene rings is 11. The molecule has 6 heteroatoms. The fraction of sp³-hybridized carbons (Fsp3) is 0.0800. The Balaban J connectivity index is 0.908. The third kappa shape index (κ3) is 7.23. The maximum atomic E-state index is 6.76. The molecule has 14 aromatic rings. The molecule has 0 fully saturated rings. The molecule has 0 spiro atoms. The lowest BCUT2D eigenvalue weighted by atomic mass is 9.82. The summed E-state index contributed by atoms with van der Waals surface area (Å²) in [6, 6.07) is 89.6. The first-order valence-corrected chi connectivity index (χ1v) is 27.9. The first-order chi connectivity index (χ1) is 39.7. The number of fused-ring (bicyclic) bond motifs is 12. The Morgan fingerprint density at radius 2 is 0.852 bits per heavy atom. The van der Waals surface area contributed by atoms with Gasteiger partial charge in [0.25, 0.3) is 0 Å². The predicted octanol–water partition coefficient (Wildman–Crippen LogP) is 19.6. The lowest BCUT2D eigenvalue weighted by Gasteiger charge is -2.27. The molecule has 0 unspecified atom stereocenters. The number of rotatable bonds is 8. The molecule has 11 aromatic carbocycles. The summed E-state index contributed by atoms with van der Waals surface area (Å²) in [6.45, 7) is 9.36. The molecular weight excluding hydrogens is 987 g/mol. The minimum Gasteiger partial charge on any atom is -0.456 e. The molecule has 384 valence electrons. The van der Waals surface area contributed by atoms with Crippen LogP contribution in [0.3, 0.4) is 0 Å². The van der Waals surface area contributed by atoms with Gasteiger partial charge in [-0.2, -0.15) is 9.97 Å². The topological polar surface area (TPSA) is 60.0 Å². The van der Waals surface area contributed by atoms with Crippen LogP contribution in [0.1, 0.15) is 49.9 Å². The molecule has 2 aliphatic carbocycles. The van der Waals surface area contributed by atoms with Crippen molar-refractivity contribution in [3.05, 3.63) is 271 Å². The van der Waals surface area contributed by atoms with Gasteiger partial charge in [-0.05, 0) is 140 Å². The van der Waals surface area contributed by atoms with Crippen LogP contribution in [0.2, 0.25) is 0 Å². The molecule has 0 amide bonds. The summed E-state index contributed by atoms with van der Waals surface area (Å²) < 4.78 is 9.03. The van der Waals surface area contributed by atoms with E-state index in [0.717, 1.165) is 88.6 Å². The number of hydrogen-bond donors (Lipinski definition) is 0. The van der Waals surface area contributed by atoms with Crippen molar-refractivity contribution in [3.8, 4) is 73.2 Å². The van der Waals surface area contributed by atoms with E-state index in [-0.39, 0.29) is 10.8 Å². The first kappa shape index (κ1) is 46.9. The van der Waals surface area contributed by atoms with Gasteiger partial charge in [0.15, 0.2) is 11.6 Å². The van der Waals surface area contributed by atoms with Gasteiger partial charge in [-0.15, -0.1) is 0 Å². The number of nitrogens with zero attached hydrogens (tertiary/aromatic N) is 5. The van der Waals surface area contributed by atoms with Gasteiger partial charge in [0, 0.05) is 60.6 Å². The van der Waals surface area contributed by atoms with Gasteiger partial charge in [-0.1, -0.05) is 204 Å². The van der Waals surface area contributed by atoms with Crippen molar-refractivity contribution in [2.75, 3.05) is 4.90 Å². The van der Waals surface area contributed by atoms with Gasteiger partial charge in [0.2, 0.25) is 5.95 Å². The monoisotopic (exact) mass is 1040 g/mol. The van der Waals surface area contributed by atoms with Crippen LogP contribution in [0.15, 0.2) is 253 Å². The van der Waals surface area contributed by atoms with E-state index < -0.39 is 0 Å². The van der Waals surface area contributed by atoms with Gasteiger partial charge >= 0.3 is 0 Å². The number of furan rings is 1. The second-order valence-electron chi connectivity index (χ2n) is 22.8. The molecule has 0 radical (unpaired) electrons. The highest BCUT2D eigenvalue weighted by Crippen LogP contribution is 2.54. The van der Waals surface area contributed by atoms with E-state index in [9.17, 15) is 0 Å². The summed E-state index contributed by atoms with van der Waals surface area (Å²) in [5.41, 5.74) is 23.3. The van der Waals surface area contributed by atoms with Crippen LogP contribution in [0.25, 0.3) is 117 Å². The minimum atomic E-state index is -0.233. The highest BCUT2D eigenvalue weighted by Gasteiger charge is 2.38. The number of anilines is 3. The number of hydrogen-bond acceptors (Lipinski definition) is 5. The summed E-state index contributed by atoms with van der Waals surface area (Å²) in [5, 5.41) is 4.34. The zero-order chi connectivity index (χ0) is 54.1. The number of aromatic nitrogens is 4. The van der Waals surface area contributed by atoms with Gasteiger partial charge in [0.1, 0.15) is 11.2 Å². The van der Waals surface area contributed by atoms with E-state index in [1.807, 2.05) is 36.4 Å². The van der Waals surface area contributed by atoms with Crippen LogP contribution in [0.5, 0.6) is 0 Å². The average Bonchev–Trinajstić information content (AvgIpc) is 2.89. The zero-order valence-electron chi connectivity index (χ0n) is 45.3. The van der Waals surface area contributed by atoms with Crippen LogP contribution in [0, 0.1) is 0 Å². The summed E-state index contributed by atoms with van der Waals surface area (Å²) in [5.74, 6) is 1.79. The first-order valence-electron chi connectivity index (χ1n) is 27.9. The van der Waals surface area contributed by atoms with E-state index >= 15 is 0 Å². The van der Waals surface area contributed by atoms with E-state index in [4.69, 9.17) is 19.4 Å². The Labute approximate surface area is 469 Å². The molecule has 0 atom stereocenters. The highest BCUT2D eigenvalue weighted by molar-refractivity contribution is 6.18. The normalized spacial score (nSPS) is 13.6. The van der Waals surface area contributed by atoms with Crippen LogP contribution >= 0.6 is 0 Å². The quantitative estimate of drug-likeness (QED) is 0.152. The summed E-state index contributed by atoms with van der Waals surface area (Å²) in [6.07, 6.45) is 0. The minimum absolute atomic E-state index is 0.110. The average molecular weight is 1040 g/mol. The van der Waals surface area contributed by atoms with Crippen LogP contribution in [0.4, 0.5) is 17.1 Å². The molecule has 3 aromatic heterocycles. The Morgan fingerprint density at radius 3 is 1.54 bits per heavy atom. The maximum Gasteiger partial charge on any atom is 0.238 e. The molecule has 3 heterocycles. The van der Waals surface area contributed by atoms with Crippen molar-refractivity contribution >= 4 is 60.8 Å². The molecule has 0 N–H and O–H groups in total. The molecule has 0 bridgehead atoms. The molecule has 0 saturated carbocycles. The third-order valence-corrected chi connectivity index (χ3v) is 17.4. The van der Waals surface area contributed by atoms with E-state index in [2.05, 4.69) is 249 Å². The Kier molecular flexibility index (Phi) is 10.2. The lowest BCUT2D eigenvalue weighted by Crippen LogP contribution is -2.15. The predicted molar refractivity (Wildman–Crippen MR) is 333 cm³/mol. The second kappa shape index (κ2) is 17.7. The molecule has 6 nitrogen and oxygen atoms in total. The van der Waals surface area contributed by atoms with E-state index in [1.54, 1.807) is 0 Å². The summed E-state index contributed by atoms with van der Waals surface area (Å²) in [7, 11) is 0. The van der Waals surface area contributed by atoms with Gasteiger partial charge in [0.05, 0.1) is 11.0 Å². The smallest absolute Gasteiger partial charge is 0.238 e. The Morgan fingerprint density at radius 1 is 0.333 bits per heavy atom. The summed E-state index contributed by atoms with van der Waals surface area (Å²) >= 11 is 0. The molecule has 2 aliphatic rings.